The van der Waals surface area contributed by atoms with Crippen LogP contribution in [0, 0.1) is 5.92 Å². The number of hydrogen-bond donors (Lipinski definition) is 0. The predicted octanol–water partition coefficient (Wildman–Crippen LogP) is 6.36. The van der Waals surface area contributed by atoms with Gasteiger partial charge in [0, 0.05) is 18.2 Å². The van der Waals surface area contributed by atoms with Crippen molar-refractivity contribution in [2.24, 2.45) is 5.92 Å². The van der Waals surface area contributed by atoms with Gasteiger partial charge in [0.15, 0.2) is 11.5 Å². The lowest BCUT2D eigenvalue weighted by Gasteiger charge is -2.26. The molecule has 1 aliphatic carbocycles. The highest BCUT2D eigenvalue weighted by Crippen LogP contribution is 2.41. The van der Waals surface area contributed by atoms with Crippen LogP contribution in [0.4, 0.5) is 0 Å². The van der Waals surface area contributed by atoms with Crippen LogP contribution >= 0.6 is 0 Å². The van der Waals surface area contributed by atoms with E-state index in [4.69, 9.17) is 14.2 Å². The van der Waals surface area contributed by atoms with Crippen LogP contribution in [0.3, 0.4) is 0 Å². The lowest BCUT2D eigenvalue weighted by molar-refractivity contribution is -0.131. The molecule has 0 heterocycles. The third-order valence-corrected chi connectivity index (χ3v) is 6.07. The minimum absolute atomic E-state index is 0.102. The zero-order valence-electron chi connectivity index (χ0n) is 20.5. The predicted molar refractivity (Wildman–Crippen MR) is 139 cm³/mol. The molecule has 0 aliphatic heterocycles. The molecule has 1 saturated carbocycles. The van der Waals surface area contributed by atoms with E-state index >= 15 is 0 Å². The number of carbonyl (C=O) groups is 3. The van der Waals surface area contributed by atoms with E-state index in [1.54, 1.807) is 24.3 Å². The van der Waals surface area contributed by atoms with Gasteiger partial charge < -0.3 is 14.2 Å². The molecule has 2 aromatic carbocycles. The van der Waals surface area contributed by atoms with Gasteiger partial charge in [-0.2, -0.15) is 0 Å². The molecule has 1 aliphatic rings. The molecular weight excluding hydrogens is 456 g/mol. The van der Waals surface area contributed by atoms with Crippen LogP contribution in [0.1, 0.15) is 50.2 Å². The summed E-state index contributed by atoms with van der Waals surface area (Å²) in [6.45, 7) is 12.5. The second-order valence-electron chi connectivity index (χ2n) is 8.41. The van der Waals surface area contributed by atoms with Crippen molar-refractivity contribution >= 4 is 23.5 Å². The molecule has 1 atom stereocenters. The minimum Gasteiger partial charge on any atom is -0.423 e. The Hall–Kier alpha value is -4.19. The molecule has 36 heavy (non-hydrogen) atoms. The fraction of sp³-hybridized carbons (Fsp3) is 0.233. The zero-order valence-corrected chi connectivity index (χ0v) is 20.5. The Morgan fingerprint density at radius 3 is 2.03 bits per heavy atom. The van der Waals surface area contributed by atoms with E-state index in [0.29, 0.717) is 11.7 Å². The minimum atomic E-state index is -0.672. The van der Waals surface area contributed by atoms with Crippen molar-refractivity contribution < 1.29 is 28.6 Å². The summed E-state index contributed by atoms with van der Waals surface area (Å²) in [5.74, 6) is -0.667. The van der Waals surface area contributed by atoms with E-state index in [0.717, 1.165) is 60.6 Å². The molecule has 0 spiro atoms. The maximum Gasteiger partial charge on any atom is 0.335 e. The van der Waals surface area contributed by atoms with Gasteiger partial charge in [-0.3, -0.25) is 0 Å². The standard InChI is InChI=1S/C30H30O6/c1-5-20-10-9-11-22(18-20)30(21-12-15-24(16-13-21)34-27(31)6-2)23-14-17-25(35-28(32)7-3)26(19-23)36-29(33)8-4/h6-8,12-17,19-20H,2-5,9-11,18H2,1H3. The van der Waals surface area contributed by atoms with E-state index < -0.39 is 17.9 Å². The number of benzene rings is 2. The molecule has 0 amide bonds. The third kappa shape index (κ3) is 6.69. The Labute approximate surface area is 211 Å². The largest absolute Gasteiger partial charge is 0.423 e. The van der Waals surface area contributed by atoms with Gasteiger partial charge in [0.2, 0.25) is 0 Å². The molecule has 186 valence electrons. The SMILES string of the molecule is C=CC(=O)Oc1ccc(C(=C2CCCC(CC)C2)c2ccc(OC(=O)C=C)c(OC(=O)C=C)c2)cc1. The zero-order chi connectivity index (χ0) is 26.1. The van der Waals surface area contributed by atoms with Gasteiger partial charge in [0.1, 0.15) is 5.75 Å². The van der Waals surface area contributed by atoms with E-state index in [9.17, 15) is 14.4 Å². The van der Waals surface area contributed by atoms with Crippen molar-refractivity contribution in [3.63, 3.8) is 0 Å². The van der Waals surface area contributed by atoms with Crippen LogP contribution in [0.2, 0.25) is 0 Å². The van der Waals surface area contributed by atoms with Crippen LogP contribution in [-0.2, 0) is 14.4 Å². The molecule has 0 N–H and O–H groups in total. The molecule has 0 saturated heterocycles. The third-order valence-electron chi connectivity index (χ3n) is 6.07. The van der Waals surface area contributed by atoms with Crippen molar-refractivity contribution in [1.82, 2.24) is 0 Å². The normalized spacial score (nSPS) is 16.3. The van der Waals surface area contributed by atoms with E-state index in [1.165, 1.54) is 12.0 Å². The van der Waals surface area contributed by atoms with Gasteiger partial charge in [0.25, 0.3) is 0 Å². The Morgan fingerprint density at radius 1 is 0.833 bits per heavy atom. The summed E-state index contributed by atoms with van der Waals surface area (Å²) >= 11 is 0. The van der Waals surface area contributed by atoms with Gasteiger partial charge >= 0.3 is 17.9 Å². The average Bonchev–Trinajstić information content (AvgIpc) is 2.91. The van der Waals surface area contributed by atoms with Crippen molar-refractivity contribution in [2.45, 2.75) is 39.0 Å². The summed E-state index contributed by atoms with van der Waals surface area (Å²) in [6, 6.07) is 12.4. The first-order chi connectivity index (χ1) is 17.4. The molecule has 3 rings (SSSR count). The summed E-state index contributed by atoms with van der Waals surface area (Å²) in [7, 11) is 0. The lowest BCUT2D eigenvalue weighted by atomic mass is 9.79. The summed E-state index contributed by atoms with van der Waals surface area (Å²) < 4.78 is 15.9. The smallest absolute Gasteiger partial charge is 0.335 e. The van der Waals surface area contributed by atoms with E-state index in [-0.39, 0.29) is 11.5 Å². The molecule has 0 bridgehead atoms. The second-order valence-corrected chi connectivity index (χ2v) is 8.41. The first-order valence-corrected chi connectivity index (χ1v) is 11.9. The molecule has 0 radical (unpaired) electrons. The highest BCUT2D eigenvalue weighted by molar-refractivity contribution is 5.88. The summed E-state index contributed by atoms with van der Waals surface area (Å²) in [5, 5.41) is 0. The summed E-state index contributed by atoms with van der Waals surface area (Å²) in [4.78, 5) is 35.4. The first-order valence-electron chi connectivity index (χ1n) is 11.9. The van der Waals surface area contributed by atoms with Gasteiger partial charge in [-0.25, -0.2) is 14.4 Å². The Balaban J connectivity index is 2.12. The molecule has 0 aromatic heterocycles. The molecule has 1 unspecified atom stereocenters. The maximum absolute atomic E-state index is 12.0. The van der Waals surface area contributed by atoms with Crippen LogP contribution in [0.5, 0.6) is 17.2 Å². The maximum atomic E-state index is 12.0. The monoisotopic (exact) mass is 486 g/mol. The highest BCUT2D eigenvalue weighted by atomic mass is 16.6. The Kier molecular flexibility index (Phi) is 9.17. The second kappa shape index (κ2) is 12.5. The van der Waals surface area contributed by atoms with Crippen LogP contribution in [0.15, 0.2) is 86.0 Å². The van der Waals surface area contributed by atoms with Crippen LogP contribution in [-0.4, -0.2) is 17.9 Å². The molecule has 6 heteroatoms. The fourth-order valence-corrected chi connectivity index (χ4v) is 4.28. The van der Waals surface area contributed by atoms with Crippen molar-refractivity contribution in [2.75, 3.05) is 0 Å². The average molecular weight is 487 g/mol. The number of carbonyl (C=O) groups excluding carboxylic acids is 3. The Bertz CT molecular complexity index is 1200. The lowest BCUT2D eigenvalue weighted by Crippen LogP contribution is -2.11. The number of ether oxygens (including phenoxy) is 3. The summed E-state index contributed by atoms with van der Waals surface area (Å²) in [6.07, 6.45) is 8.44. The van der Waals surface area contributed by atoms with Gasteiger partial charge in [-0.1, -0.05) is 56.9 Å². The number of esters is 3. The van der Waals surface area contributed by atoms with Crippen LogP contribution < -0.4 is 14.2 Å². The highest BCUT2D eigenvalue weighted by Gasteiger charge is 2.22. The molecule has 2 aromatic rings. The van der Waals surface area contributed by atoms with E-state index in [2.05, 4.69) is 26.7 Å². The molecular formula is C30H30O6. The number of rotatable bonds is 9. The molecule has 1 fully saturated rings. The first kappa shape index (κ1) is 26.4. The molecule has 6 nitrogen and oxygen atoms in total. The van der Waals surface area contributed by atoms with E-state index in [1.807, 2.05) is 18.2 Å². The topological polar surface area (TPSA) is 78.9 Å². The quantitative estimate of drug-likeness (QED) is 0.233. The van der Waals surface area contributed by atoms with Gasteiger partial charge in [0.05, 0.1) is 0 Å². The van der Waals surface area contributed by atoms with Crippen molar-refractivity contribution in [3.05, 3.63) is 97.1 Å². The number of hydrogen-bond acceptors (Lipinski definition) is 6. The Morgan fingerprint density at radius 2 is 1.42 bits per heavy atom. The van der Waals surface area contributed by atoms with Crippen LogP contribution in [0.25, 0.3) is 5.57 Å². The number of allylic oxidation sites excluding steroid dienone is 1. The van der Waals surface area contributed by atoms with Crippen molar-refractivity contribution in [3.8, 4) is 17.2 Å². The van der Waals surface area contributed by atoms with Gasteiger partial charge in [-0.05, 0) is 72.6 Å². The van der Waals surface area contributed by atoms with Crippen molar-refractivity contribution in [1.29, 1.82) is 0 Å². The van der Waals surface area contributed by atoms with Gasteiger partial charge in [-0.15, -0.1) is 0 Å². The summed E-state index contributed by atoms with van der Waals surface area (Å²) in [5.41, 5.74) is 4.04. The fourth-order valence-electron chi connectivity index (χ4n) is 4.28.